The number of Topliss-reactive ketones (excluding diaryl/α,β-unsaturated/α-hetero) is 1. The van der Waals surface area contributed by atoms with Crippen LogP contribution >= 0.6 is 11.3 Å². The molecule has 0 radical (unpaired) electrons. The monoisotopic (exact) mass is 281 g/mol. The van der Waals surface area contributed by atoms with Crippen molar-refractivity contribution in [3.05, 3.63) is 16.1 Å². The van der Waals surface area contributed by atoms with Crippen molar-refractivity contribution in [2.45, 2.75) is 26.3 Å². The number of amides is 1. The fourth-order valence-corrected chi connectivity index (χ4v) is 2.75. The summed E-state index contributed by atoms with van der Waals surface area (Å²) in [5.74, 6) is 0.359. The van der Waals surface area contributed by atoms with E-state index in [1.165, 1.54) is 0 Å². The average Bonchev–Trinajstić information content (AvgIpc) is 2.75. The molecule has 1 fully saturated rings. The molecule has 6 heteroatoms. The zero-order valence-electron chi connectivity index (χ0n) is 11.4. The molecule has 0 aliphatic carbocycles. The molecule has 1 aromatic heterocycles. The molecule has 0 saturated carbocycles. The molecule has 1 amide bonds. The van der Waals surface area contributed by atoms with Crippen LogP contribution in [0.15, 0.2) is 5.38 Å². The number of aromatic nitrogens is 1. The van der Waals surface area contributed by atoms with Crippen LogP contribution in [0.2, 0.25) is 0 Å². The summed E-state index contributed by atoms with van der Waals surface area (Å²) in [5, 5.41) is 3.07. The fourth-order valence-electron chi connectivity index (χ4n) is 2.15. The molecule has 0 spiro atoms. The summed E-state index contributed by atoms with van der Waals surface area (Å²) in [7, 11) is 1.92. The van der Waals surface area contributed by atoms with E-state index in [2.05, 4.69) is 4.98 Å². The van der Waals surface area contributed by atoms with Gasteiger partial charge in [-0.25, -0.2) is 4.98 Å². The second-order valence-corrected chi connectivity index (χ2v) is 6.01. The van der Waals surface area contributed by atoms with E-state index in [4.69, 9.17) is 0 Å². The summed E-state index contributed by atoms with van der Waals surface area (Å²) < 4.78 is 0. The summed E-state index contributed by atoms with van der Waals surface area (Å²) >= 11 is 1.62. The molecule has 1 aromatic rings. The smallest absolute Gasteiger partial charge is 0.236 e. The minimum Gasteiger partial charge on any atom is -0.341 e. The Morgan fingerprint density at radius 1 is 1.47 bits per heavy atom. The third-order valence-corrected chi connectivity index (χ3v) is 4.00. The maximum atomic E-state index is 12.1. The predicted octanol–water partition coefficient (Wildman–Crippen LogP) is 1.07. The van der Waals surface area contributed by atoms with Crippen molar-refractivity contribution in [3.8, 4) is 0 Å². The average molecular weight is 281 g/mol. The number of ketones is 1. The number of likely N-dealkylation sites (N-methyl/N-ethyl adjacent to an activating group) is 1. The number of hydrogen-bond acceptors (Lipinski definition) is 5. The van der Waals surface area contributed by atoms with Crippen LogP contribution < -0.4 is 0 Å². The summed E-state index contributed by atoms with van der Waals surface area (Å²) in [4.78, 5) is 31.3. The van der Waals surface area contributed by atoms with Gasteiger partial charge in [-0.3, -0.25) is 14.5 Å². The molecule has 1 aliphatic heterocycles. The van der Waals surface area contributed by atoms with Gasteiger partial charge in [0.25, 0.3) is 0 Å². The van der Waals surface area contributed by atoms with Gasteiger partial charge in [-0.2, -0.15) is 0 Å². The Morgan fingerprint density at radius 2 is 2.16 bits per heavy atom. The SMILES string of the molecule is Cc1nc(CN(C)CC(=O)N2CCC(=O)CC2)cs1. The van der Waals surface area contributed by atoms with Crippen molar-refractivity contribution in [3.63, 3.8) is 0 Å². The maximum absolute atomic E-state index is 12.1. The highest BCUT2D eigenvalue weighted by molar-refractivity contribution is 7.09. The Bertz CT molecular complexity index is 462. The number of nitrogens with zero attached hydrogens (tertiary/aromatic N) is 3. The summed E-state index contributed by atoms with van der Waals surface area (Å²) in [5.41, 5.74) is 1.01. The highest BCUT2D eigenvalue weighted by Crippen LogP contribution is 2.10. The molecule has 104 valence electrons. The van der Waals surface area contributed by atoms with Crippen molar-refractivity contribution >= 4 is 23.0 Å². The van der Waals surface area contributed by atoms with Crippen molar-refractivity contribution in [2.75, 3.05) is 26.7 Å². The summed E-state index contributed by atoms with van der Waals surface area (Å²) in [6, 6.07) is 0. The van der Waals surface area contributed by atoms with E-state index >= 15 is 0 Å². The Kier molecular flexibility index (Phi) is 4.66. The normalized spacial score (nSPS) is 16.2. The minimum atomic E-state index is 0.0990. The molecule has 2 heterocycles. The van der Waals surface area contributed by atoms with Gasteiger partial charge >= 0.3 is 0 Å². The topological polar surface area (TPSA) is 53.5 Å². The van der Waals surface area contributed by atoms with Crippen LogP contribution in [0, 0.1) is 6.92 Å². The van der Waals surface area contributed by atoms with Crippen molar-refractivity contribution in [1.82, 2.24) is 14.8 Å². The van der Waals surface area contributed by atoms with Gasteiger partial charge in [0, 0.05) is 37.9 Å². The second kappa shape index (κ2) is 6.25. The highest BCUT2D eigenvalue weighted by Gasteiger charge is 2.21. The van der Waals surface area contributed by atoms with Gasteiger partial charge < -0.3 is 4.90 Å². The van der Waals surface area contributed by atoms with Crippen LogP contribution in [-0.2, 0) is 16.1 Å². The van der Waals surface area contributed by atoms with E-state index in [0.29, 0.717) is 39.0 Å². The third kappa shape index (κ3) is 4.11. The first kappa shape index (κ1) is 14.1. The van der Waals surface area contributed by atoms with Gasteiger partial charge in [-0.1, -0.05) is 0 Å². The number of piperidine rings is 1. The Balaban J connectivity index is 1.80. The molecule has 0 N–H and O–H groups in total. The lowest BCUT2D eigenvalue weighted by molar-refractivity contribution is -0.135. The summed E-state index contributed by atoms with van der Waals surface area (Å²) in [6.07, 6.45) is 1.00. The lowest BCUT2D eigenvalue weighted by atomic mass is 10.1. The number of rotatable bonds is 4. The van der Waals surface area contributed by atoms with Gasteiger partial charge in [-0.15, -0.1) is 11.3 Å². The standard InChI is InChI=1S/C13H19N3O2S/c1-10-14-11(9-19-10)7-15(2)8-13(18)16-5-3-12(17)4-6-16/h9H,3-8H2,1-2H3. The fraction of sp³-hybridized carbons (Fsp3) is 0.615. The number of likely N-dealkylation sites (tertiary alicyclic amines) is 1. The first-order valence-corrected chi connectivity index (χ1v) is 7.31. The quantitative estimate of drug-likeness (QED) is 0.828. The van der Waals surface area contributed by atoms with Gasteiger partial charge in [0.05, 0.1) is 17.2 Å². The number of carbonyl (C=O) groups is 2. The molecular formula is C13H19N3O2S. The Labute approximate surface area is 117 Å². The van der Waals surface area contributed by atoms with Gasteiger partial charge in [0.1, 0.15) is 5.78 Å². The predicted molar refractivity (Wildman–Crippen MR) is 74.0 cm³/mol. The Hall–Kier alpha value is -1.27. The number of thiazole rings is 1. The van der Waals surface area contributed by atoms with Crippen LogP contribution in [0.25, 0.3) is 0 Å². The van der Waals surface area contributed by atoms with Crippen molar-refractivity contribution in [1.29, 1.82) is 0 Å². The maximum Gasteiger partial charge on any atom is 0.236 e. The molecule has 19 heavy (non-hydrogen) atoms. The lowest BCUT2D eigenvalue weighted by Crippen LogP contribution is -2.43. The molecule has 2 rings (SSSR count). The molecule has 0 unspecified atom stereocenters. The first-order valence-electron chi connectivity index (χ1n) is 6.43. The van der Waals surface area contributed by atoms with E-state index in [1.807, 2.05) is 24.3 Å². The van der Waals surface area contributed by atoms with Crippen LogP contribution in [-0.4, -0.2) is 53.2 Å². The molecule has 1 aliphatic rings. The molecule has 0 atom stereocenters. The van der Waals surface area contributed by atoms with Crippen LogP contribution in [0.5, 0.6) is 0 Å². The van der Waals surface area contributed by atoms with Crippen molar-refractivity contribution < 1.29 is 9.59 Å². The highest BCUT2D eigenvalue weighted by atomic mass is 32.1. The van der Waals surface area contributed by atoms with E-state index in [9.17, 15) is 9.59 Å². The van der Waals surface area contributed by atoms with E-state index in [-0.39, 0.29) is 11.7 Å². The van der Waals surface area contributed by atoms with Crippen LogP contribution in [0.1, 0.15) is 23.5 Å². The number of hydrogen-bond donors (Lipinski definition) is 0. The molecule has 0 bridgehead atoms. The largest absolute Gasteiger partial charge is 0.341 e. The molecular weight excluding hydrogens is 262 g/mol. The van der Waals surface area contributed by atoms with Gasteiger partial charge in [0.2, 0.25) is 5.91 Å². The van der Waals surface area contributed by atoms with Crippen LogP contribution in [0.3, 0.4) is 0 Å². The molecule has 5 nitrogen and oxygen atoms in total. The lowest BCUT2D eigenvalue weighted by Gasteiger charge is -2.28. The Morgan fingerprint density at radius 3 is 2.74 bits per heavy atom. The van der Waals surface area contributed by atoms with E-state index in [1.54, 1.807) is 16.2 Å². The first-order chi connectivity index (χ1) is 9.04. The van der Waals surface area contributed by atoms with Crippen LogP contribution in [0.4, 0.5) is 0 Å². The second-order valence-electron chi connectivity index (χ2n) is 4.95. The van der Waals surface area contributed by atoms with E-state index in [0.717, 1.165) is 10.7 Å². The molecule has 1 saturated heterocycles. The molecule has 0 aromatic carbocycles. The third-order valence-electron chi connectivity index (χ3n) is 3.18. The van der Waals surface area contributed by atoms with Gasteiger partial charge in [-0.05, 0) is 14.0 Å². The zero-order chi connectivity index (χ0) is 13.8. The van der Waals surface area contributed by atoms with E-state index < -0.39 is 0 Å². The zero-order valence-corrected chi connectivity index (χ0v) is 12.2. The number of aryl methyl sites for hydroxylation is 1. The number of carbonyl (C=O) groups excluding carboxylic acids is 2. The minimum absolute atomic E-state index is 0.0990. The van der Waals surface area contributed by atoms with Gasteiger partial charge in [0.15, 0.2) is 0 Å². The van der Waals surface area contributed by atoms with Crippen molar-refractivity contribution in [2.24, 2.45) is 0 Å². The summed E-state index contributed by atoms with van der Waals surface area (Å²) in [6.45, 7) is 4.18.